The second-order valence-corrected chi connectivity index (χ2v) is 4.89. The van der Waals surface area contributed by atoms with Crippen LogP contribution in [-0.2, 0) is 0 Å². The third-order valence-electron chi connectivity index (χ3n) is 2.25. The smallest absolute Gasteiger partial charge is 0.177 e. The summed E-state index contributed by atoms with van der Waals surface area (Å²) < 4.78 is 0. The first-order valence-electron chi connectivity index (χ1n) is 5.11. The fourth-order valence-electron chi connectivity index (χ4n) is 1.37. The van der Waals surface area contributed by atoms with Gasteiger partial charge in [-0.25, -0.2) is 9.97 Å². The number of hydrogen-bond donors (Lipinski definition) is 1. The molecule has 0 radical (unpaired) electrons. The van der Waals surface area contributed by atoms with Gasteiger partial charge in [-0.15, -0.1) is 11.3 Å². The lowest BCUT2D eigenvalue weighted by Crippen LogP contribution is -2.06. The molecule has 0 saturated heterocycles. The van der Waals surface area contributed by atoms with Crippen molar-refractivity contribution in [1.82, 2.24) is 15.0 Å². The molecular weight excluding hydrogens is 222 g/mol. The lowest BCUT2D eigenvalue weighted by molar-refractivity contribution is 0.0942. The van der Waals surface area contributed by atoms with Crippen LogP contribution >= 0.6 is 11.3 Å². The van der Waals surface area contributed by atoms with Crippen LogP contribution < -0.4 is 0 Å². The Hall–Kier alpha value is -1.49. The second kappa shape index (κ2) is 4.17. The van der Waals surface area contributed by atoms with E-state index in [1.54, 1.807) is 12.4 Å². The van der Waals surface area contributed by atoms with E-state index in [1.807, 2.05) is 20.8 Å². The van der Waals surface area contributed by atoms with E-state index < -0.39 is 0 Å². The van der Waals surface area contributed by atoms with Crippen LogP contribution in [0.4, 0.5) is 0 Å². The van der Waals surface area contributed by atoms with Gasteiger partial charge < -0.3 is 4.98 Å². The molecule has 0 aliphatic rings. The number of thiazole rings is 1. The Morgan fingerprint density at radius 3 is 2.81 bits per heavy atom. The Morgan fingerprint density at radius 2 is 2.25 bits per heavy atom. The first kappa shape index (κ1) is 11.0. The first-order valence-corrected chi connectivity index (χ1v) is 5.92. The number of ketones is 1. The fourth-order valence-corrected chi connectivity index (χ4v) is 2.48. The lowest BCUT2D eigenvalue weighted by atomic mass is 10.1. The number of Topliss-reactive ketones (excluding diaryl/α,β-unsaturated/α-hetero) is 1. The number of imidazole rings is 1. The van der Waals surface area contributed by atoms with Gasteiger partial charge in [0.1, 0.15) is 0 Å². The molecule has 2 heterocycles. The maximum atomic E-state index is 11.9. The van der Waals surface area contributed by atoms with Crippen LogP contribution in [0.25, 0.3) is 10.8 Å². The monoisotopic (exact) mass is 235 g/mol. The molecule has 5 heteroatoms. The summed E-state index contributed by atoms with van der Waals surface area (Å²) in [4.78, 5) is 24.1. The highest BCUT2D eigenvalue weighted by molar-refractivity contribution is 7.17. The van der Waals surface area contributed by atoms with Crippen LogP contribution in [0.3, 0.4) is 0 Å². The van der Waals surface area contributed by atoms with Crippen LogP contribution in [0.15, 0.2) is 12.4 Å². The summed E-state index contributed by atoms with van der Waals surface area (Å²) in [6, 6.07) is 0. The van der Waals surface area contributed by atoms with Crippen molar-refractivity contribution < 1.29 is 4.79 Å². The van der Waals surface area contributed by atoms with Crippen molar-refractivity contribution in [3.63, 3.8) is 0 Å². The van der Waals surface area contributed by atoms with Crippen molar-refractivity contribution in [2.24, 2.45) is 5.92 Å². The van der Waals surface area contributed by atoms with Gasteiger partial charge >= 0.3 is 0 Å². The van der Waals surface area contributed by atoms with Gasteiger partial charge in [0.15, 0.2) is 16.6 Å². The van der Waals surface area contributed by atoms with E-state index in [0.717, 1.165) is 21.4 Å². The average Bonchev–Trinajstić information content (AvgIpc) is 2.84. The Bertz CT molecular complexity index is 499. The molecule has 0 aromatic carbocycles. The average molecular weight is 235 g/mol. The van der Waals surface area contributed by atoms with Gasteiger partial charge in [0.2, 0.25) is 0 Å². The number of nitrogens with one attached hydrogen (secondary N) is 1. The zero-order valence-corrected chi connectivity index (χ0v) is 10.3. The maximum absolute atomic E-state index is 11.9. The molecule has 84 valence electrons. The number of rotatable bonds is 3. The zero-order chi connectivity index (χ0) is 11.7. The molecule has 0 bridgehead atoms. The number of H-pyrrole nitrogens is 1. The lowest BCUT2D eigenvalue weighted by Gasteiger charge is -2.00. The summed E-state index contributed by atoms with van der Waals surface area (Å²) >= 11 is 1.40. The second-order valence-electron chi connectivity index (χ2n) is 3.89. The largest absolute Gasteiger partial charge is 0.343 e. The minimum Gasteiger partial charge on any atom is -0.343 e. The number of nitrogens with zero attached hydrogens (tertiary/aromatic N) is 2. The topological polar surface area (TPSA) is 58.6 Å². The summed E-state index contributed by atoms with van der Waals surface area (Å²) in [6.45, 7) is 5.65. The molecule has 0 aliphatic heterocycles. The van der Waals surface area contributed by atoms with Crippen LogP contribution in [0.2, 0.25) is 0 Å². The summed E-state index contributed by atoms with van der Waals surface area (Å²) in [5.74, 6) is 0.868. The minimum atomic E-state index is 0.00333. The van der Waals surface area contributed by atoms with E-state index in [-0.39, 0.29) is 11.7 Å². The Kier molecular flexibility index (Phi) is 2.87. The number of carbonyl (C=O) groups excluding carboxylic acids is 1. The summed E-state index contributed by atoms with van der Waals surface area (Å²) in [6.07, 6.45) is 3.42. The fraction of sp³-hybridized carbons (Fsp3) is 0.364. The van der Waals surface area contributed by atoms with Gasteiger partial charge in [0.05, 0.1) is 10.6 Å². The molecule has 0 aliphatic carbocycles. The van der Waals surface area contributed by atoms with Gasteiger partial charge in [0.25, 0.3) is 0 Å². The van der Waals surface area contributed by atoms with Gasteiger partial charge in [-0.05, 0) is 6.92 Å². The molecule has 0 unspecified atom stereocenters. The Labute approximate surface area is 97.8 Å². The Balaban J connectivity index is 2.40. The van der Waals surface area contributed by atoms with Gasteiger partial charge in [0, 0.05) is 18.3 Å². The first-order chi connectivity index (χ1) is 7.59. The van der Waals surface area contributed by atoms with Crippen LogP contribution in [-0.4, -0.2) is 20.7 Å². The molecule has 4 nitrogen and oxygen atoms in total. The van der Waals surface area contributed by atoms with Crippen LogP contribution in [0.1, 0.15) is 29.2 Å². The van der Waals surface area contributed by atoms with Gasteiger partial charge in [-0.2, -0.15) is 0 Å². The zero-order valence-electron chi connectivity index (χ0n) is 9.44. The highest BCUT2D eigenvalue weighted by Crippen LogP contribution is 2.27. The van der Waals surface area contributed by atoms with E-state index in [9.17, 15) is 4.79 Å². The van der Waals surface area contributed by atoms with E-state index in [1.165, 1.54) is 11.3 Å². The van der Waals surface area contributed by atoms with Crippen molar-refractivity contribution in [3.05, 3.63) is 23.0 Å². The van der Waals surface area contributed by atoms with Crippen LogP contribution in [0, 0.1) is 12.8 Å². The summed E-state index contributed by atoms with van der Waals surface area (Å²) in [7, 11) is 0. The molecule has 2 rings (SSSR count). The highest BCUT2D eigenvalue weighted by atomic mass is 32.1. The number of aryl methyl sites for hydroxylation is 1. The summed E-state index contributed by atoms with van der Waals surface area (Å²) in [5, 5.41) is 0.770. The minimum absolute atomic E-state index is 0.00333. The highest BCUT2D eigenvalue weighted by Gasteiger charge is 2.19. The Morgan fingerprint density at radius 1 is 1.50 bits per heavy atom. The molecule has 0 spiro atoms. The molecule has 2 aromatic heterocycles. The predicted octanol–water partition coefficient (Wildman–Crippen LogP) is 2.68. The van der Waals surface area contributed by atoms with E-state index >= 15 is 0 Å². The normalized spacial score (nSPS) is 11.0. The van der Waals surface area contributed by atoms with Gasteiger partial charge in [-0.3, -0.25) is 4.79 Å². The molecule has 2 aromatic rings. The number of aromatic amines is 1. The molecular formula is C11H13N3OS. The van der Waals surface area contributed by atoms with Crippen LogP contribution in [0.5, 0.6) is 0 Å². The molecule has 16 heavy (non-hydrogen) atoms. The van der Waals surface area contributed by atoms with E-state index in [0.29, 0.717) is 0 Å². The predicted molar refractivity (Wildman–Crippen MR) is 63.6 cm³/mol. The molecule has 0 saturated carbocycles. The standard InChI is InChI=1S/C11H13N3OS/c1-6(2)8(15)9-7(3)14-11(16-9)10-12-4-5-13-10/h4-6H,1-3H3,(H,12,13). The van der Waals surface area contributed by atoms with Crippen molar-refractivity contribution in [2.75, 3.05) is 0 Å². The van der Waals surface area contributed by atoms with Crippen molar-refractivity contribution >= 4 is 17.1 Å². The van der Waals surface area contributed by atoms with E-state index in [2.05, 4.69) is 15.0 Å². The third kappa shape index (κ3) is 1.90. The molecule has 0 fully saturated rings. The molecule has 0 amide bonds. The maximum Gasteiger partial charge on any atom is 0.177 e. The van der Waals surface area contributed by atoms with Gasteiger partial charge in [-0.1, -0.05) is 13.8 Å². The quantitative estimate of drug-likeness (QED) is 0.832. The molecule has 0 atom stereocenters. The van der Waals surface area contributed by atoms with Crippen molar-refractivity contribution in [3.8, 4) is 10.8 Å². The van der Waals surface area contributed by atoms with E-state index in [4.69, 9.17) is 0 Å². The van der Waals surface area contributed by atoms with Crippen molar-refractivity contribution in [1.29, 1.82) is 0 Å². The third-order valence-corrected chi connectivity index (χ3v) is 3.42. The van der Waals surface area contributed by atoms with Crippen molar-refractivity contribution in [2.45, 2.75) is 20.8 Å². The SMILES string of the molecule is Cc1nc(-c2ncc[nH]2)sc1C(=O)C(C)C. The number of carbonyl (C=O) groups is 1. The summed E-state index contributed by atoms with van der Waals surface area (Å²) in [5.41, 5.74) is 0.787. The molecule has 1 N–H and O–H groups in total. The number of hydrogen-bond acceptors (Lipinski definition) is 4. The number of aromatic nitrogens is 3.